The third-order valence-electron chi connectivity index (χ3n) is 4.39. The zero-order chi connectivity index (χ0) is 17.5. The Balaban J connectivity index is 1.66. The van der Waals surface area contributed by atoms with Gasteiger partial charge in [-0.2, -0.15) is 13.5 Å². The summed E-state index contributed by atoms with van der Waals surface area (Å²) in [5.41, 5.74) is 0. The Morgan fingerprint density at radius 2 is 2.08 bits per heavy atom. The Hall–Kier alpha value is -1.50. The molecule has 3 saturated heterocycles. The number of nitrogens with one attached hydrogen (secondary N) is 1. The lowest BCUT2D eigenvalue weighted by atomic mass is 10.0. The number of esters is 1. The highest BCUT2D eigenvalue weighted by molar-refractivity contribution is 7.80. The summed E-state index contributed by atoms with van der Waals surface area (Å²) in [4.78, 5) is 25.6. The van der Waals surface area contributed by atoms with Crippen LogP contribution in [0.25, 0.3) is 0 Å². The largest absolute Gasteiger partial charge is 0.458 e. The number of amides is 2. The normalized spacial score (nSPS) is 33.7. The third kappa shape index (κ3) is 3.45. The molecule has 0 aliphatic carbocycles. The SMILES string of the molecule is O=C(O[C@@H]1CCNC[C@@H]1F)[C@@H]1CC[C@@H]2CN1C(=O)N2OS(=O)(=O)O. The molecular weight excluding hydrogens is 349 g/mol. The summed E-state index contributed by atoms with van der Waals surface area (Å²) >= 11 is 0. The van der Waals surface area contributed by atoms with Gasteiger partial charge in [0.25, 0.3) is 0 Å². The molecule has 0 saturated carbocycles. The van der Waals surface area contributed by atoms with Crippen molar-refractivity contribution in [3.05, 3.63) is 0 Å². The smallest absolute Gasteiger partial charge is 0.418 e. The van der Waals surface area contributed by atoms with Gasteiger partial charge >= 0.3 is 22.4 Å². The second-order valence-electron chi connectivity index (χ2n) is 5.99. The minimum Gasteiger partial charge on any atom is -0.458 e. The number of fused-ring (bicyclic) bond motifs is 2. The zero-order valence-electron chi connectivity index (χ0n) is 12.6. The van der Waals surface area contributed by atoms with E-state index in [0.29, 0.717) is 24.4 Å². The molecule has 3 fully saturated rings. The van der Waals surface area contributed by atoms with E-state index in [1.54, 1.807) is 0 Å². The Bertz CT molecular complexity index is 630. The monoisotopic (exact) mass is 367 g/mol. The summed E-state index contributed by atoms with van der Waals surface area (Å²) in [6.45, 7) is 0.701. The summed E-state index contributed by atoms with van der Waals surface area (Å²) < 4.78 is 53.6. The van der Waals surface area contributed by atoms with Gasteiger partial charge in [-0.15, -0.1) is 4.28 Å². The number of nitrogens with zero attached hydrogens (tertiary/aromatic N) is 2. The molecule has 3 aliphatic rings. The van der Waals surface area contributed by atoms with Crippen LogP contribution >= 0.6 is 0 Å². The van der Waals surface area contributed by atoms with E-state index in [-0.39, 0.29) is 19.5 Å². The predicted octanol–water partition coefficient (Wildman–Crippen LogP) is -0.767. The van der Waals surface area contributed by atoms with Crippen LogP contribution in [0.3, 0.4) is 0 Å². The van der Waals surface area contributed by atoms with Gasteiger partial charge in [-0.05, 0) is 25.8 Å². The van der Waals surface area contributed by atoms with E-state index in [1.807, 2.05) is 0 Å². The molecule has 0 unspecified atom stereocenters. The number of rotatable bonds is 4. The fourth-order valence-electron chi connectivity index (χ4n) is 3.23. The first-order chi connectivity index (χ1) is 11.3. The number of hydrogen-bond donors (Lipinski definition) is 2. The van der Waals surface area contributed by atoms with E-state index in [4.69, 9.17) is 9.29 Å². The van der Waals surface area contributed by atoms with Gasteiger partial charge in [0.2, 0.25) is 0 Å². The molecule has 2 bridgehead atoms. The van der Waals surface area contributed by atoms with Crippen molar-refractivity contribution in [2.45, 2.75) is 43.6 Å². The first-order valence-electron chi connectivity index (χ1n) is 7.58. The van der Waals surface area contributed by atoms with E-state index in [0.717, 1.165) is 4.90 Å². The highest BCUT2D eigenvalue weighted by Gasteiger charge is 2.50. The Morgan fingerprint density at radius 1 is 1.33 bits per heavy atom. The second kappa shape index (κ2) is 6.43. The van der Waals surface area contributed by atoms with Gasteiger partial charge in [0, 0.05) is 13.1 Å². The van der Waals surface area contributed by atoms with Crippen LogP contribution in [-0.4, -0.2) is 78.9 Å². The maximum Gasteiger partial charge on any atom is 0.418 e. The van der Waals surface area contributed by atoms with Crippen LogP contribution < -0.4 is 5.32 Å². The van der Waals surface area contributed by atoms with Gasteiger partial charge in [0.1, 0.15) is 18.3 Å². The standard InChI is InChI=1S/C12H18FN3O7S/c13-8-5-14-4-3-10(8)22-11(17)9-2-1-7-6-15(9)12(18)16(7)23-24(19,20)21/h7-10,14H,1-6H2,(H,19,20,21)/t7-,8+,9+,10-/m1/s1. The number of halogens is 1. The fourth-order valence-corrected chi connectivity index (χ4v) is 3.62. The summed E-state index contributed by atoms with van der Waals surface area (Å²) in [7, 11) is -4.84. The number of piperidine rings is 2. The van der Waals surface area contributed by atoms with Crippen LogP contribution in [0.4, 0.5) is 9.18 Å². The summed E-state index contributed by atoms with van der Waals surface area (Å²) in [6, 6.07) is -2.36. The molecule has 3 heterocycles. The molecule has 0 aromatic heterocycles. The Labute approximate surface area is 137 Å². The molecule has 136 valence electrons. The average Bonchev–Trinajstić information content (AvgIpc) is 2.73. The van der Waals surface area contributed by atoms with E-state index >= 15 is 0 Å². The average molecular weight is 367 g/mol. The van der Waals surface area contributed by atoms with Crippen LogP contribution in [0.1, 0.15) is 19.3 Å². The van der Waals surface area contributed by atoms with Crippen molar-refractivity contribution in [3.8, 4) is 0 Å². The first-order valence-corrected chi connectivity index (χ1v) is 8.95. The second-order valence-corrected chi connectivity index (χ2v) is 7.00. The predicted molar refractivity (Wildman–Crippen MR) is 75.6 cm³/mol. The topological polar surface area (TPSA) is 125 Å². The van der Waals surface area contributed by atoms with Crippen LogP contribution in [0, 0.1) is 0 Å². The van der Waals surface area contributed by atoms with Gasteiger partial charge in [-0.1, -0.05) is 0 Å². The van der Waals surface area contributed by atoms with Crippen LogP contribution in [0.2, 0.25) is 0 Å². The molecule has 4 atom stereocenters. The third-order valence-corrected chi connectivity index (χ3v) is 4.73. The first kappa shape index (κ1) is 17.3. The molecule has 0 aromatic carbocycles. The van der Waals surface area contributed by atoms with Crippen molar-refractivity contribution < 1.29 is 36.0 Å². The lowest BCUT2D eigenvalue weighted by Crippen LogP contribution is -2.50. The van der Waals surface area contributed by atoms with Crippen molar-refractivity contribution in [2.24, 2.45) is 0 Å². The number of ether oxygens (including phenoxy) is 1. The molecular formula is C12H18FN3O7S. The highest BCUT2D eigenvalue weighted by atomic mass is 32.3. The van der Waals surface area contributed by atoms with Crippen molar-refractivity contribution in [2.75, 3.05) is 19.6 Å². The zero-order valence-corrected chi connectivity index (χ0v) is 13.4. The number of hydroxylamine groups is 2. The van der Waals surface area contributed by atoms with E-state index in [1.165, 1.54) is 0 Å². The van der Waals surface area contributed by atoms with Crippen molar-refractivity contribution in [1.29, 1.82) is 0 Å². The van der Waals surface area contributed by atoms with Crippen molar-refractivity contribution in [1.82, 2.24) is 15.3 Å². The van der Waals surface area contributed by atoms with Crippen LogP contribution in [0.5, 0.6) is 0 Å². The van der Waals surface area contributed by atoms with E-state index < -0.39 is 46.8 Å². The van der Waals surface area contributed by atoms with E-state index in [2.05, 4.69) is 9.60 Å². The van der Waals surface area contributed by atoms with Gasteiger partial charge in [-0.25, -0.2) is 14.0 Å². The minimum atomic E-state index is -4.84. The molecule has 24 heavy (non-hydrogen) atoms. The molecule has 2 amide bonds. The van der Waals surface area contributed by atoms with Crippen LogP contribution in [-0.2, 0) is 24.2 Å². The number of alkyl halides is 1. The molecule has 3 rings (SSSR count). The van der Waals surface area contributed by atoms with Gasteiger partial charge in [-0.3, -0.25) is 4.55 Å². The number of urea groups is 1. The molecule has 12 heteroatoms. The molecule has 0 spiro atoms. The highest BCUT2D eigenvalue weighted by Crippen LogP contribution is 2.31. The van der Waals surface area contributed by atoms with Gasteiger partial charge in [0.05, 0.1) is 6.04 Å². The van der Waals surface area contributed by atoms with E-state index in [9.17, 15) is 22.4 Å². The molecule has 3 aliphatic heterocycles. The Kier molecular flexibility index (Phi) is 4.64. The summed E-state index contributed by atoms with van der Waals surface area (Å²) in [5, 5.41) is 3.39. The maximum atomic E-state index is 13.7. The lowest BCUT2D eigenvalue weighted by Gasteiger charge is -2.32. The van der Waals surface area contributed by atoms with Gasteiger partial charge in [0.15, 0.2) is 0 Å². The molecule has 0 aromatic rings. The fraction of sp³-hybridized carbons (Fsp3) is 0.833. The summed E-state index contributed by atoms with van der Waals surface area (Å²) in [6.07, 6.45) is -1.30. The number of hydrogen-bond acceptors (Lipinski definition) is 7. The molecule has 0 radical (unpaired) electrons. The van der Waals surface area contributed by atoms with Gasteiger partial charge < -0.3 is 15.0 Å². The van der Waals surface area contributed by atoms with Crippen LogP contribution in [0.15, 0.2) is 0 Å². The molecule has 2 N–H and O–H groups in total. The maximum absolute atomic E-state index is 13.7. The summed E-state index contributed by atoms with van der Waals surface area (Å²) in [5.74, 6) is -0.718. The minimum absolute atomic E-state index is 0.0688. The lowest BCUT2D eigenvalue weighted by molar-refractivity contribution is -0.159. The van der Waals surface area contributed by atoms with Crippen molar-refractivity contribution in [3.63, 3.8) is 0 Å². The Morgan fingerprint density at radius 3 is 2.75 bits per heavy atom. The van der Waals surface area contributed by atoms with Crippen molar-refractivity contribution >= 4 is 22.4 Å². The molecule has 10 nitrogen and oxygen atoms in total. The quantitative estimate of drug-likeness (QED) is 0.490. The number of carbonyl (C=O) groups is 2. The number of carbonyl (C=O) groups excluding carboxylic acids is 2.